The van der Waals surface area contributed by atoms with Crippen molar-refractivity contribution in [3.63, 3.8) is 0 Å². The smallest absolute Gasteiger partial charge is 0.250 e. The lowest BCUT2D eigenvalue weighted by Crippen LogP contribution is -2.52. The van der Waals surface area contributed by atoms with Gasteiger partial charge < -0.3 is 15.1 Å². The Morgan fingerprint density at radius 1 is 1.03 bits per heavy atom. The molecule has 1 aromatic carbocycles. The van der Waals surface area contributed by atoms with Gasteiger partial charge in [0.25, 0.3) is 5.91 Å². The monoisotopic (exact) mass is 443 g/mol. The zero-order chi connectivity index (χ0) is 20.9. The van der Waals surface area contributed by atoms with E-state index in [-0.39, 0.29) is 24.3 Å². The molecular formula is C22H25N3O3S2. The zero-order valence-corrected chi connectivity index (χ0v) is 18.3. The molecule has 0 saturated carbocycles. The lowest BCUT2D eigenvalue weighted by Gasteiger charge is -2.34. The molecule has 6 nitrogen and oxygen atoms in total. The third-order valence-corrected chi connectivity index (χ3v) is 7.49. The van der Waals surface area contributed by atoms with Crippen LogP contribution in [0.1, 0.15) is 30.6 Å². The standard InChI is InChI=1S/C22H25N3O3S2/c26-19(23-14-16-8-7-13-29-16)15-25-17-9-3-4-10-18(17)30-20(22(25)28)21(27)24-11-5-1-2-6-12-24/h3-4,7-10,13,20H,1-2,5-6,11-12,14-15H2,(H,23,26). The largest absolute Gasteiger partial charge is 0.350 e. The number of anilines is 1. The van der Waals surface area contributed by atoms with E-state index in [0.29, 0.717) is 25.3 Å². The van der Waals surface area contributed by atoms with E-state index < -0.39 is 5.25 Å². The van der Waals surface area contributed by atoms with Crippen LogP contribution < -0.4 is 10.2 Å². The Kier molecular flexibility index (Phi) is 6.74. The number of thiophene rings is 1. The van der Waals surface area contributed by atoms with Gasteiger partial charge in [-0.3, -0.25) is 14.4 Å². The van der Waals surface area contributed by atoms with Gasteiger partial charge in [0.05, 0.1) is 12.2 Å². The summed E-state index contributed by atoms with van der Waals surface area (Å²) in [5, 5.41) is 4.00. The lowest BCUT2D eigenvalue weighted by molar-refractivity contribution is -0.135. The van der Waals surface area contributed by atoms with Crippen molar-refractivity contribution in [2.24, 2.45) is 0 Å². The zero-order valence-electron chi connectivity index (χ0n) is 16.7. The first-order valence-corrected chi connectivity index (χ1v) is 12.0. The summed E-state index contributed by atoms with van der Waals surface area (Å²) >= 11 is 2.88. The Bertz CT molecular complexity index is 908. The number of likely N-dealkylation sites (tertiary alicyclic amines) is 1. The predicted molar refractivity (Wildman–Crippen MR) is 120 cm³/mol. The Morgan fingerprint density at radius 3 is 2.53 bits per heavy atom. The highest BCUT2D eigenvalue weighted by Crippen LogP contribution is 2.39. The van der Waals surface area contributed by atoms with Crippen LogP contribution in [0.15, 0.2) is 46.7 Å². The van der Waals surface area contributed by atoms with Crippen molar-refractivity contribution in [3.8, 4) is 0 Å². The van der Waals surface area contributed by atoms with Gasteiger partial charge in [0, 0.05) is 22.9 Å². The second kappa shape index (κ2) is 9.66. The Balaban J connectivity index is 1.50. The fourth-order valence-electron chi connectivity index (χ4n) is 3.79. The maximum Gasteiger partial charge on any atom is 0.250 e. The van der Waals surface area contributed by atoms with Gasteiger partial charge in [-0.1, -0.05) is 31.0 Å². The van der Waals surface area contributed by atoms with Gasteiger partial charge in [-0.15, -0.1) is 23.1 Å². The average molecular weight is 444 g/mol. The third kappa shape index (κ3) is 4.70. The molecule has 1 aromatic heterocycles. The second-order valence-corrected chi connectivity index (χ2v) is 9.66. The van der Waals surface area contributed by atoms with Crippen molar-refractivity contribution in [1.82, 2.24) is 10.2 Å². The molecule has 0 radical (unpaired) electrons. The number of thioether (sulfide) groups is 1. The van der Waals surface area contributed by atoms with Crippen molar-refractivity contribution in [2.75, 3.05) is 24.5 Å². The van der Waals surface area contributed by atoms with Crippen molar-refractivity contribution >= 4 is 46.5 Å². The van der Waals surface area contributed by atoms with Crippen molar-refractivity contribution < 1.29 is 14.4 Å². The van der Waals surface area contributed by atoms with E-state index in [1.807, 2.05) is 46.7 Å². The van der Waals surface area contributed by atoms with Crippen LogP contribution in [0.4, 0.5) is 5.69 Å². The van der Waals surface area contributed by atoms with E-state index in [1.54, 1.807) is 11.3 Å². The highest BCUT2D eigenvalue weighted by Gasteiger charge is 2.40. The van der Waals surface area contributed by atoms with Crippen LogP contribution in [-0.4, -0.2) is 47.5 Å². The quantitative estimate of drug-likeness (QED) is 0.720. The molecule has 0 bridgehead atoms. The highest BCUT2D eigenvalue weighted by molar-refractivity contribution is 8.01. The summed E-state index contributed by atoms with van der Waals surface area (Å²) in [7, 11) is 0. The number of hydrogen-bond donors (Lipinski definition) is 1. The normalized spacial score (nSPS) is 19.2. The second-order valence-electron chi connectivity index (χ2n) is 7.49. The summed E-state index contributed by atoms with van der Waals surface area (Å²) in [5.74, 6) is -0.677. The minimum atomic E-state index is -0.830. The molecule has 1 saturated heterocycles. The molecule has 1 N–H and O–H groups in total. The van der Waals surface area contributed by atoms with E-state index in [4.69, 9.17) is 0 Å². The molecule has 1 unspecified atom stereocenters. The van der Waals surface area contributed by atoms with E-state index >= 15 is 0 Å². The molecule has 2 aromatic rings. The molecule has 1 atom stereocenters. The van der Waals surface area contributed by atoms with E-state index in [1.165, 1.54) is 16.7 Å². The maximum absolute atomic E-state index is 13.3. The van der Waals surface area contributed by atoms with Crippen LogP contribution in [-0.2, 0) is 20.9 Å². The number of fused-ring (bicyclic) bond motifs is 1. The van der Waals surface area contributed by atoms with Crippen LogP contribution in [0.2, 0.25) is 0 Å². The SMILES string of the molecule is O=C(CN1C(=O)C(C(=O)N2CCCCCC2)Sc2ccccc21)NCc1cccs1. The van der Waals surface area contributed by atoms with Gasteiger partial charge in [-0.25, -0.2) is 0 Å². The minimum absolute atomic E-state index is 0.0917. The van der Waals surface area contributed by atoms with Gasteiger partial charge >= 0.3 is 0 Å². The summed E-state index contributed by atoms with van der Waals surface area (Å²) in [5.41, 5.74) is 0.693. The van der Waals surface area contributed by atoms with Gasteiger partial charge in [0.15, 0.2) is 5.25 Å². The van der Waals surface area contributed by atoms with Gasteiger partial charge in [-0.05, 0) is 36.4 Å². The molecule has 3 heterocycles. The first kappa shape index (κ1) is 20.9. The minimum Gasteiger partial charge on any atom is -0.350 e. The summed E-state index contributed by atoms with van der Waals surface area (Å²) < 4.78 is 0. The van der Waals surface area contributed by atoms with E-state index in [0.717, 1.165) is 35.5 Å². The first-order chi connectivity index (χ1) is 14.6. The number of amides is 3. The fraction of sp³-hybridized carbons (Fsp3) is 0.409. The Hall–Kier alpha value is -2.32. The van der Waals surface area contributed by atoms with Crippen LogP contribution in [0.3, 0.4) is 0 Å². The molecule has 158 valence electrons. The van der Waals surface area contributed by atoms with Crippen molar-refractivity contribution in [2.45, 2.75) is 42.4 Å². The van der Waals surface area contributed by atoms with E-state index in [9.17, 15) is 14.4 Å². The number of carbonyl (C=O) groups excluding carboxylic acids is 3. The topological polar surface area (TPSA) is 69.7 Å². The van der Waals surface area contributed by atoms with Gasteiger partial charge in [0.2, 0.25) is 11.8 Å². The molecular weight excluding hydrogens is 418 g/mol. The number of benzene rings is 1. The molecule has 2 aliphatic rings. The molecule has 2 aliphatic heterocycles. The number of nitrogens with one attached hydrogen (secondary N) is 1. The summed E-state index contributed by atoms with van der Waals surface area (Å²) in [6, 6.07) is 11.4. The number of hydrogen-bond acceptors (Lipinski definition) is 5. The van der Waals surface area contributed by atoms with Crippen LogP contribution >= 0.6 is 23.1 Å². The Labute approximate surface area is 184 Å². The summed E-state index contributed by atoms with van der Waals surface area (Å²) in [4.78, 5) is 44.3. The number of para-hydroxylation sites is 1. The number of rotatable bonds is 5. The fourth-order valence-corrected chi connectivity index (χ4v) is 5.62. The molecule has 3 amide bonds. The molecule has 1 fully saturated rings. The lowest BCUT2D eigenvalue weighted by atomic mass is 10.2. The van der Waals surface area contributed by atoms with Gasteiger partial charge in [0.1, 0.15) is 6.54 Å². The van der Waals surface area contributed by atoms with Crippen molar-refractivity contribution in [3.05, 3.63) is 46.7 Å². The molecule has 8 heteroatoms. The van der Waals surface area contributed by atoms with Crippen molar-refractivity contribution in [1.29, 1.82) is 0 Å². The number of nitrogens with zero attached hydrogens (tertiary/aromatic N) is 2. The van der Waals surface area contributed by atoms with Gasteiger partial charge in [-0.2, -0.15) is 0 Å². The molecule has 4 rings (SSSR count). The first-order valence-electron chi connectivity index (χ1n) is 10.3. The Morgan fingerprint density at radius 2 is 1.80 bits per heavy atom. The average Bonchev–Trinajstić information content (AvgIpc) is 3.14. The summed E-state index contributed by atoms with van der Waals surface area (Å²) in [6.07, 6.45) is 4.19. The molecule has 0 aliphatic carbocycles. The van der Waals surface area contributed by atoms with Crippen LogP contribution in [0, 0.1) is 0 Å². The predicted octanol–water partition coefficient (Wildman–Crippen LogP) is 3.27. The van der Waals surface area contributed by atoms with E-state index in [2.05, 4.69) is 5.32 Å². The molecule has 0 spiro atoms. The number of carbonyl (C=O) groups is 3. The highest BCUT2D eigenvalue weighted by atomic mass is 32.2. The van der Waals surface area contributed by atoms with Crippen LogP contribution in [0.25, 0.3) is 0 Å². The maximum atomic E-state index is 13.3. The summed E-state index contributed by atoms with van der Waals surface area (Å²) in [6.45, 7) is 1.74. The third-order valence-electron chi connectivity index (χ3n) is 5.37. The molecule has 30 heavy (non-hydrogen) atoms. The van der Waals surface area contributed by atoms with Crippen LogP contribution in [0.5, 0.6) is 0 Å².